The molecule has 80 valence electrons. The minimum absolute atomic E-state index is 0.493. The molecule has 0 aliphatic rings. The van der Waals surface area contributed by atoms with Gasteiger partial charge in [0.15, 0.2) is 17.9 Å². The van der Waals surface area contributed by atoms with Gasteiger partial charge in [0, 0.05) is 18.8 Å². The summed E-state index contributed by atoms with van der Waals surface area (Å²) in [6.07, 6.45) is 3.31. The van der Waals surface area contributed by atoms with Gasteiger partial charge in [-0.25, -0.2) is 9.97 Å². The average Bonchev–Trinajstić information content (AvgIpc) is 2.85. The molecule has 0 unspecified atom stereocenters. The van der Waals surface area contributed by atoms with Crippen molar-refractivity contribution in [1.29, 1.82) is 0 Å². The first kappa shape index (κ1) is 8.96. The van der Waals surface area contributed by atoms with Gasteiger partial charge in [0.1, 0.15) is 5.52 Å². The van der Waals surface area contributed by atoms with Crippen molar-refractivity contribution in [3.05, 3.63) is 30.8 Å². The van der Waals surface area contributed by atoms with Crippen LogP contribution in [-0.2, 0) is 7.05 Å². The number of aryl methyl sites for hydroxylation is 1. The average molecular weight is 214 g/mol. The molecule has 0 bridgehead atoms. The monoisotopic (exact) mass is 214 g/mol. The Kier molecular flexibility index (Phi) is 1.73. The van der Waals surface area contributed by atoms with Gasteiger partial charge in [0.05, 0.1) is 5.69 Å². The van der Waals surface area contributed by atoms with Crippen LogP contribution >= 0.6 is 0 Å². The maximum absolute atomic E-state index is 5.69. The highest BCUT2D eigenvalue weighted by molar-refractivity contribution is 5.79. The maximum Gasteiger partial charge on any atom is 0.200 e. The number of nitrogen functional groups attached to an aromatic ring is 1. The molecule has 0 saturated carbocycles. The van der Waals surface area contributed by atoms with Crippen LogP contribution in [0.15, 0.2) is 35.2 Å². The summed E-state index contributed by atoms with van der Waals surface area (Å²) in [5, 5.41) is 0. The zero-order valence-corrected chi connectivity index (χ0v) is 8.71. The Morgan fingerprint density at radius 1 is 1.38 bits per heavy atom. The minimum atomic E-state index is 0.493. The molecule has 5 nitrogen and oxygen atoms in total. The quantitative estimate of drug-likeness (QED) is 0.670. The number of aromatic nitrogens is 3. The van der Waals surface area contributed by atoms with E-state index in [1.54, 1.807) is 4.57 Å². The molecular formula is C11H10N4O. The molecule has 2 heterocycles. The fourth-order valence-corrected chi connectivity index (χ4v) is 1.63. The predicted octanol–water partition coefficient (Wildman–Crippen LogP) is 1.81. The fraction of sp³-hybridized carbons (Fsp3) is 0.0909. The molecule has 0 radical (unpaired) electrons. The molecule has 0 amide bonds. The van der Waals surface area contributed by atoms with Gasteiger partial charge >= 0.3 is 0 Å². The molecule has 0 spiro atoms. The Morgan fingerprint density at radius 3 is 3.00 bits per heavy atom. The van der Waals surface area contributed by atoms with Crippen LogP contribution in [-0.4, -0.2) is 14.5 Å². The summed E-state index contributed by atoms with van der Waals surface area (Å²) >= 11 is 0. The van der Waals surface area contributed by atoms with Crippen LogP contribution in [0.25, 0.3) is 22.4 Å². The number of imidazole rings is 1. The number of benzene rings is 1. The lowest BCUT2D eigenvalue weighted by Crippen LogP contribution is -1.94. The second kappa shape index (κ2) is 3.10. The van der Waals surface area contributed by atoms with E-state index in [-0.39, 0.29) is 0 Å². The van der Waals surface area contributed by atoms with Crippen LogP contribution in [0.5, 0.6) is 0 Å². The molecule has 1 aromatic carbocycles. The van der Waals surface area contributed by atoms with E-state index in [1.165, 1.54) is 6.39 Å². The summed E-state index contributed by atoms with van der Waals surface area (Å²) in [4.78, 5) is 8.31. The molecule has 0 atom stereocenters. The smallest absolute Gasteiger partial charge is 0.200 e. The van der Waals surface area contributed by atoms with Crippen molar-refractivity contribution >= 4 is 17.0 Å². The van der Waals surface area contributed by atoms with E-state index in [4.69, 9.17) is 10.2 Å². The summed E-state index contributed by atoms with van der Waals surface area (Å²) in [5.74, 6) is 0.493. The van der Waals surface area contributed by atoms with Crippen LogP contribution in [0.4, 0.5) is 5.95 Å². The zero-order chi connectivity index (χ0) is 11.1. The Hall–Kier alpha value is -2.30. The Morgan fingerprint density at radius 2 is 2.25 bits per heavy atom. The van der Waals surface area contributed by atoms with Crippen molar-refractivity contribution in [2.75, 3.05) is 5.73 Å². The topological polar surface area (TPSA) is 69.9 Å². The van der Waals surface area contributed by atoms with Crippen LogP contribution in [0.1, 0.15) is 0 Å². The summed E-state index contributed by atoms with van der Waals surface area (Å²) in [6, 6.07) is 5.76. The van der Waals surface area contributed by atoms with Gasteiger partial charge in [-0.3, -0.25) is 0 Å². The van der Waals surface area contributed by atoms with Crippen molar-refractivity contribution < 1.29 is 4.42 Å². The van der Waals surface area contributed by atoms with Crippen LogP contribution in [0.2, 0.25) is 0 Å². The minimum Gasteiger partial charge on any atom is -0.443 e. The van der Waals surface area contributed by atoms with Gasteiger partial charge in [0.25, 0.3) is 0 Å². The summed E-state index contributed by atoms with van der Waals surface area (Å²) in [7, 11) is 1.86. The van der Waals surface area contributed by atoms with E-state index in [2.05, 4.69) is 9.97 Å². The van der Waals surface area contributed by atoms with E-state index in [1.807, 2.05) is 31.4 Å². The lowest BCUT2D eigenvalue weighted by Gasteiger charge is -1.94. The SMILES string of the molecule is Cn1cc(-c2ccc3ncoc3c2)nc1N. The van der Waals surface area contributed by atoms with Gasteiger partial charge in [-0.2, -0.15) is 0 Å². The van der Waals surface area contributed by atoms with Crippen LogP contribution in [0, 0.1) is 0 Å². The summed E-state index contributed by atoms with van der Waals surface area (Å²) in [5.41, 5.74) is 9.08. The lowest BCUT2D eigenvalue weighted by atomic mass is 10.1. The number of nitrogens with zero attached hydrogens (tertiary/aromatic N) is 3. The standard InChI is InChI=1S/C11H10N4O/c1-15-5-9(14-11(15)12)7-2-3-8-10(4-7)16-6-13-8/h2-6H,1H3,(H2,12,14). The molecule has 0 saturated heterocycles. The molecular weight excluding hydrogens is 204 g/mol. The normalized spacial score (nSPS) is 11.1. The molecule has 2 aromatic heterocycles. The second-order valence-corrected chi connectivity index (χ2v) is 3.63. The number of anilines is 1. The van der Waals surface area contributed by atoms with Gasteiger partial charge in [0.2, 0.25) is 0 Å². The first-order valence-electron chi connectivity index (χ1n) is 4.86. The first-order valence-corrected chi connectivity index (χ1v) is 4.86. The number of hydrogen-bond acceptors (Lipinski definition) is 4. The molecule has 3 aromatic rings. The second-order valence-electron chi connectivity index (χ2n) is 3.63. The van der Waals surface area contributed by atoms with E-state index < -0.39 is 0 Å². The van der Waals surface area contributed by atoms with E-state index in [0.717, 1.165) is 22.4 Å². The van der Waals surface area contributed by atoms with Gasteiger partial charge < -0.3 is 14.7 Å². The molecule has 2 N–H and O–H groups in total. The van der Waals surface area contributed by atoms with Crippen LogP contribution in [0.3, 0.4) is 0 Å². The summed E-state index contributed by atoms with van der Waals surface area (Å²) in [6.45, 7) is 0. The van der Waals surface area contributed by atoms with Crippen molar-refractivity contribution in [3.63, 3.8) is 0 Å². The van der Waals surface area contributed by atoms with Crippen LogP contribution < -0.4 is 5.73 Å². The highest BCUT2D eigenvalue weighted by Crippen LogP contribution is 2.23. The molecule has 0 aliphatic carbocycles. The van der Waals surface area contributed by atoms with Gasteiger partial charge in [-0.1, -0.05) is 6.07 Å². The number of nitrogens with two attached hydrogens (primary N) is 1. The van der Waals surface area contributed by atoms with Crippen molar-refractivity contribution in [2.24, 2.45) is 7.05 Å². The third-order valence-corrected chi connectivity index (χ3v) is 2.54. The van der Waals surface area contributed by atoms with Crippen molar-refractivity contribution in [3.8, 4) is 11.3 Å². The van der Waals surface area contributed by atoms with Gasteiger partial charge in [-0.05, 0) is 12.1 Å². The van der Waals surface area contributed by atoms with E-state index in [0.29, 0.717) is 5.95 Å². The molecule has 0 fully saturated rings. The molecule has 3 rings (SSSR count). The Bertz CT molecular complexity index is 633. The number of oxazole rings is 1. The number of hydrogen-bond donors (Lipinski definition) is 1. The predicted molar refractivity (Wildman–Crippen MR) is 60.6 cm³/mol. The Labute approximate surface area is 91.5 Å². The fourth-order valence-electron chi connectivity index (χ4n) is 1.63. The Balaban J connectivity index is 2.17. The number of rotatable bonds is 1. The largest absolute Gasteiger partial charge is 0.443 e. The molecule has 16 heavy (non-hydrogen) atoms. The number of fused-ring (bicyclic) bond motifs is 1. The maximum atomic E-state index is 5.69. The summed E-state index contributed by atoms with van der Waals surface area (Å²) < 4.78 is 7.02. The van der Waals surface area contributed by atoms with E-state index in [9.17, 15) is 0 Å². The van der Waals surface area contributed by atoms with Crippen molar-refractivity contribution in [1.82, 2.24) is 14.5 Å². The van der Waals surface area contributed by atoms with Gasteiger partial charge in [-0.15, -0.1) is 0 Å². The highest BCUT2D eigenvalue weighted by atomic mass is 16.3. The third-order valence-electron chi connectivity index (χ3n) is 2.54. The lowest BCUT2D eigenvalue weighted by molar-refractivity contribution is 0.602. The van der Waals surface area contributed by atoms with E-state index >= 15 is 0 Å². The highest BCUT2D eigenvalue weighted by Gasteiger charge is 2.06. The van der Waals surface area contributed by atoms with Crippen molar-refractivity contribution in [2.45, 2.75) is 0 Å². The first-order chi connectivity index (χ1) is 7.74. The zero-order valence-electron chi connectivity index (χ0n) is 8.71. The molecule has 0 aliphatic heterocycles. The third kappa shape index (κ3) is 1.25. The molecule has 5 heteroatoms.